The van der Waals surface area contributed by atoms with Gasteiger partial charge < -0.3 is 20.5 Å². The van der Waals surface area contributed by atoms with Crippen molar-refractivity contribution in [3.8, 4) is 17.6 Å². The standard InChI is InChI=1S/C18H17N3O4/c1-11(15-9-14(25-2)6-7-16(15)22)20-17(23)18(24)21-13-5-3-4-12(8-13)10-19/h3-9,11,22H,1-2H3,(H,20,23)(H,21,24)/t11-/m0/s1. The van der Waals surface area contributed by atoms with Crippen LogP contribution in [0.2, 0.25) is 0 Å². The summed E-state index contributed by atoms with van der Waals surface area (Å²) in [6.45, 7) is 1.63. The van der Waals surface area contributed by atoms with Crippen LogP contribution in [0, 0.1) is 11.3 Å². The summed E-state index contributed by atoms with van der Waals surface area (Å²) in [7, 11) is 1.49. The Kier molecular flexibility index (Phi) is 5.58. The number of hydrogen-bond donors (Lipinski definition) is 3. The number of methoxy groups -OCH3 is 1. The van der Waals surface area contributed by atoms with Gasteiger partial charge in [0.15, 0.2) is 0 Å². The van der Waals surface area contributed by atoms with Gasteiger partial charge in [-0.1, -0.05) is 6.07 Å². The number of nitrogens with zero attached hydrogens (tertiary/aromatic N) is 1. The van der Waals surface area contributed by atoms with Gasteiger partial charge in [-0.25, -0.2) is 0 Å². The van der Waals surface area contributed by atoms with Gasteiger partial charge in [0.1, 0.15) is 11.5 Å². The summed E-state index contributed by atoms with van der Waals surface area (Å²) in [5.74, 6) is -1.23. The lowest BCUT2D eigenvalue weighted by atomic mass is 10.1. The van der Waals surface area contributed by atoms with Gasteiger partial charge in [-0.15, -0.1) is 0 Å². The van der Waals surface area contributed by atoms with Crippen molar-refractivity contribution in [1.29, 1.82) is 5.26 Å². The van der Waals surface area contributed by atoms with Crippen molar-refractivity contribution < 1.29 is 19.4 Å². The number of nitriles is 1. The molecule has 0 fully saturated rings. The highest BCUT2D eigenvalue weighted by Crippen LogP contribution is 2.28. The summed E-state index contributed by atoms with van der Waals surface area (Å²) in [5.41, 5.74) is 1.14. The molecule has 2 aromatic carbocycles. The smallest absolute Gasteiger partial charge is 0.313 e. The average Bonchev–Trinajstić information content (AvgIpc) is 2.62. The van der Waals surface area contributed by atoms with Crippen molar-refractivity contribution in [1.82, 2.24) is 5.32 Å². The first-order valence-corrected chi connectivity index (χ1v) is 7.43. The minimum Gasteiger partial charge on any atom is -0.508 e. The molecule has 2 aromatic rings. The maximum atomic E-state index is 12.1. The van der Waals surface area contributed by atoms with Crippen LogP contribution in [0.3, 0.4) is 0 Å². The van der Waals surface area contributed by atoms with Crippen molar-refractivity contribution in [2.24, 2.45) is 0 Å². The molecular weight excluding hydrogens is 322 g/mol. The molecule has 7 heteroatoms. The normalized spacial score (nSPS) is 11.1. The zero-order valence-corrected chi connectivity index (χ0v) is 13.7. The summed E-state index contributed by atoms with van der Waals surface area (Å²) in [4.78, 5) is 24.0. The van der Waals surface area contributed by atoms with E-state index in [4.69, 9.17) is 10.00 Å². The van der Waals surface area contributed by atoms with Crippen LogP contribution in [0.25, 0.3) is 0 Å². The molecule has 0 aliphatic heterocycles. The number of benzene rings is 2. The van der Waals surface area contributed by atoms with Crippen LogP contribution in [0.5, 0.6) is 11.5 Å². The van der Waals surface area contributed by atoms with Gasteiger partial charge in [-0.2, -0.15) is 5.26 Å². The summed E-state index contributed by atoms with van der Waals surface area (Å²) in [6, 6.07) is 12.2. The molecule has 0 aliphatic rings. The van der Waals surface area contributed by atoms with E-state index in [-0.39, 0.29) is 5.75 Å². The number of ether oxygens (including phenoxy) is 1. The van der Waals surface area contributed by atoms with Gasteiger partial charge in [-0.05, 0) is 43.3 Å². The van der Waals surface area contributed by atoms with Crippen molar-refractivity contribution in [2.75, 3.05) is 12.4 Å². The molecule has 0 heterocycles. The van der Waals surface area contributed by atoms with Gasteiger partial charge >= 0.3 is 11.8 Å². The van der Waals surface area contributed by atoms with E-state index in [0.29, 0.717) is 22.6 Å². The number of nitrogens with one attached hydrogen (secondary N) is 2. The lowest BCUT2D eigenvalue weighted by Gasteiger charge is -2.16. The summed E-state index contributed by atoms with van der Waals surface area (Å²) >= 11 is 0. The van der Waals surface area contributed by atoms with E-state index in [1.54, 1.807) is 37.3 Å². The summed E-state index contributed by atoms with van der Waals surface area (Å²) in [5, 5.41) is 23.7. The van der Waals surface area contributed by atoms with Crippen molar-refractivity contribution in [2.45, 2.75) is 13.0 Å². The number of amides is 2. The number of hydrogen-bond acceptors (Lipinski definition) is 5. The predicted molar refractivity (Wildman–Crippen MR) is 91.0 cm³/mol. The molecule has 0 bridgehead atoms. The third-order valence-electron chi connectivity index (χ3n) is 3.50. The quantitative estimate of drug-likeness (QED) is 0.739. The van der Waals surface area contributed by atoms with E-state index in [0.717, 1.165) is 0 Å². The zero-order chi connectivity index (χ0) is 18.4. The maximum Gasteiger partial charge on any atom is 0.313 e. The molecule has 0 saturated heterocycles. The fourth-order valence-corrected chi connectivity index (χ4v) is 2.20. The first-order chi connectivity index (χ1) is 11.9. The number of phenolic OH excluding ortho intramolecular Hbond substituents is 1. The van der Waals surface area contributed by atoms with Crippen molar-refractivity contribution in [3.63, 3.8) is 0 Å². The van der Waals surface area contributed by atoms with Crippen LogP contribution < -0.4 is 15.4 Å². The molecule has 25 heavy (non-hydrogen) atoms. The molecular formula is C18H17N3O4. The molecule has 0 spiro atoms. The van der Waals surface area contributed by atoms with Crippen LogP contribution in [0.1, 0.15) is 24.1 Å². The zero-order valence-electron chi connectivity index (χ0n) is 13.7. The average molecular weight is 339 g/mol. The second-order valence-corrected chi connectivity index (χ2v) is 5.27. The van der Waals surface area contributed by atoms with Crippen molar-refractivity contribution >= 4 is 17.5 Å². The van der Waals surface area contributed by atoms with E-state index in [1.165, 1.54) is 19.2 Å². The number of phenols is 1. The van der Waals surface area contributed by atoms with E-state index in [9.17, 15) is 14.7 Å². The summed E-state index contributed by atoms with van der Waals surface area (Å²) < 4.78 is 5.08. The first kappa shape index (κ1) is 17.8. The molecule has 0 saturated carbocycles. The largest absolute Gasteiger partial charge is 0.508 e. The molecule has 7 nitrogen and oxygen atoms in total. The second-order valence-electron chi connectivity index (χ2n) is 5.27. The van der Waals surface area contributed by atoms with Crippen LogP contribution in [0.15, 0.2) is 42.5 Å². The van der Waals surface area contributed by atoms with Crippen LogP contribution >= 0.6 is 0 Å². The Hall–Kier alpha value is -3.53. The van der Waals surface area contributed by atoms with Gasteiger partial charge in [-0.3, -0.25) is 9.59 Å². The fraction of sp³-hybridized carbons (Fsp3) is 0.167. The minimum absolute atomic E-state index is 0.0178. The highest BCUT2D eigenvalue weighted by atomic mass is 16.5. The predicted octanol–water partition coefficient (Wildman–Crippen LogP) is 2.09. The van der Waals surface area contributed by atoms with E-state index >= 15 is 0 Å². The highest BCUT2D eigenvalue weighted by molar-refractivity contribution is 6.39. The van der Waals surface area contributed by atoms with Gasteiger partial charge in [0.05, 0.1) is 24.8 Å². The van der Waals surface area contributed by atoms with E-state index in [2.05, 4.69) is 10.6 Å². The number of anilines is 1. The number of carbonyl (C=O) groups is 2. The molecule has 0 radical (unpaired) electrons. The third-order valence-corrected chi connectivity index (χ3v) is 3.50. The van der Waals surface area contributed by atoms with E-state index < -0.39 is 17.9 Å². The number of rotatable bonds is 4. The van der Waals surface area contributed by atoms with Gasteiger partial charge in [0.25, 0.3) is 0 Å². The number of aromatic hydroxyl groups is 1. The minimum atomic E-state index is -0.871. The second kappa shape index (κ2) is 7.84. The number of carbonyl (C=O) groups excluding carboxylic acids is 2. The van der Waals surface area contributed by atoms with Crippen LogP contribution in [-0.2, 0) is 9.59 Å². The molecule has 0 unspecified atom stereocenters. The van der Waals surface area contributed by atoms with Crippen LogP contribution in [-0.4, -0.2) is 24.0 Å². The Morgan fingerprint density at radius 3 is 2.64 bits per heavy atom. The fourth-order valence-electron chi connectivity index (χ4n) is 2.20. The molecule has 2 amide bonds. The Bertz CT molecular complexity index is 842. The lowest BCUT2D eigenvalue weighted by molar-refractivity contribution is -0.136. The van der Waals surface area contributed by atoms with E-state index in [1.807, 2.05) is 6.07 Å². The Morgan fingerprint density at radius 2 is 1.96 bits per heavy atom. The molecule has 1 atom stereocenters. The van der Waals surface area contributed by atoms with Gasteiger partial charge in [0.2, 0.25) is 0 Å². The highest BCUT2D eigenvalue weighted by Gasteiger charge is 2.19. The molecule has 128 valence electrons. The first-order valence-electron chi connectivity index (χ1n) is 7.43. The van der Waals surface area contributed by atoms with Crippen molar-refractivity contribution in [3.05, 3.63) is 53.6 Å². The molecule has 0 aliphatic carbocycles. The molecule has 3 N–H and O–H groups in total. The Balaban J connectivity index is 2.05. The SMILES string of the molecule is COc1ccc(O)c([C@H](C)NC(=O)C(=O)Nc2cccc(C#N)c2)c1. The van der Waals surface area contributed by atoms with Gasteiger partial charge in [0, 0.05) is 11.3 Å². The topological polar surface area (TPSA) is 111 Å². The maximum absolute atomic E-state index is 12.1. The molecule has 2 rings (SSSR count). The van der Waals surface area contributed by atoms with Crippen LogP contribution in [0.4, 0.5) is 5.69 Å². The Labute approximate surface area is 144 Å². The molecule has 0 aromatic heterocycles. The monoisotopic (exact) mass is 339 g/mol. The lowest BCUT2D eigenvalue weighted by Crippen LogP contribution is -2.36. The summed E-state index contributed by atoms with van der Waals surface area (Å²) in [6.07, 6.45) is 0. The Morgan fingerprint density at radius 1 is 1.20 bits per heavy atom. The third kappa shape index (κ3) is 4.48.